The van der Waals surface area contributed by atoms with Crippen molar-refractivity contribution in [2.75, 3.05) is 5.75 Å². The molecule has 2 rings (SSSR count). The molecule has 0 unspecified atom stereocenters. The topological polar surface area (TPSA) is 34.1 Å². The van der Waals surface area contributed by atoms with Gasteiger partial charge in [-0.3, -0.25) is 9.59 Å². The standard InChI is InChI=1S/C14H14O2S/c1-10(15)17-8-2-3-11-4-6-13-12(9-11)5-7-14(13)16/h2-4,6,9H,5,7-8H2,1H3. The van der Waals surface area contributed by atoms with Crippen molar-refractivity contribution >= 4 is 28.7 Å². The number of carbonyl (C=O) groups excluding carboxylic acids is 2. The molecule has 0 aliphatic heterocycles. The first-order chi connectivity index (χ1) is 8.16. The van der Waals surface area contributed by atoms with Crippen molar-refractivity contribution in [1.29, 1.82) is 0 Å². The van der Waals surface area contributed by atoms with Gasteiger partial charge in [-0.25, -0.2) is 0 Å². The Morgan fingerprint density at radius 1 is 1.41 bits per heavy atom. The summed E-state index contributed by atoms with van der Waals surface area (Å²) in [5.41, 5.74) is 3.12. The highest BCUT2D eigenvalue weighted by Gasteiger charge is 2.18. The molecule has 3 heteroatoms. The minimum atomic E-state index is 0.134. The molecule has 0 aromatic heterocycles. The van der Waals surface area contributed by atoms with Crippen molar-refractivity contribution in [2.24, 2.45) is 0 Å². The van der Waals surface area contributed by atoms with E-state index in [1.807, 2.05) is 24.3 Å². The van der Waals surface area contributed by atoms with Gasteiger partial charge in [0.1, 0.15) is 0 Å². The molecule has 0 fully saturated rings. The average molecular weight is 246 g/mol. The Morgan fingerprint density at radius 3 is 3.00 bits per heavy atom. The Bertz CT molecular complexity index is 489. The van der Waals surface area contributed by atoms with Crippen molar-refractivity contribution in [2.45, 2.75) is 19.8 Å². The largest absolute Gasteiger partial charge is 0.294 e. The summed E-state index contributed by atoms with van der Waals surface area (Å²) in [7, 11) is 0. The maximum atomic E-state index is 11.5. The van der Waals surface area contributed by atoms with E-state index in [4.69, 9.17) is 0 Å². The lowest BCUT2D eigenvalue weighted by atomic mass is 10.1. The van der Waals surface area contributed by atoms with Gasteiger partial charge in [0.2, 0.25) is 0 Å². The highest BCUT2D eigenvalue weighted by Crippen LogP contribution is 2.23. The van der Waals surface area contributed by atoms with Gasteiger partial charge in [0.15, 0.2) is 10.9 Å². The van der Waals surface area contributed by atoms with E-state index in [9.17, 15) is 9.59 Å². The van der Waals surface area contributed by atoms with Crippen LogP contribution in [0.4, 0.5) is 0 Å². The zero-order valence-corrected chi connectivity index (χ0v) is 10.5. The van der Waals surface area contributed by atoms with Crippen LogP contribution in [0.25, 0.3) is 6.08 Å². The lowest BCUT2D eigenvalue weighted by Crippen LogP contribution is -1.90. The summed E-state index contributed by atoms with van der Waals surface area (Å²) in [5, 5.41) is 0.134. The molecule has 88 valence electrons. The Hall–Kier alpha value is -1.35. The maximum absolute atomic E-state index is 11.5. The number of rotatable bonds is 3. The average Bonchev–Trinajstić information content (AvgIpc) is 2.66. The monoisotopic (exact) mass is 246 g/mol. The molecular formula is C14H14O2S. The number of thioether (sulfide) groups is 1. The summed E-state index contributed by atoms with van der Waals surface area (Å²) in [6.45, 7) is 1.57. The summed E-state index contributed by atoms with van der Waals surface area (Å²) >= 11 is 1.30. The molecule has 1 aliphatic carbocycles. The zero-order valence-electron chi connectivity index (χ0n) is 9.73. The van der Waals surface area contributed by atoms with Gasteiger partial charge in [0.25, 0.3) is 0 Å². The van der Waals surface area contributed by atoms with Crippen LogP contribution in [0.5, 0.6) is 0 Å². The molecule has 0 spiro atoms. The molecule has 17 heavy (non-hydrogen) atoms. The molecule has 0 N–H and O–H groups in total. The number of aryl methyl sites for hydroxylation is 1. The number of Topliss-reactive ketones (excluding diaryl/α,β-unsaturated/α-hetero) is 1. The first kappa shape index (κ1) is 12.1. The van der Waals surface area contributed by atoms with E-state index in [1.54, 1.807) is 6.92 Å². The van der Waals surface area contributed by atoms with Gasteiger partial charge < -0.3 is 0 Å². The number of hydrogen-bond donors (Lipinski definition) is 0. The lowest BCUT2D eigenvalue weighted by Gasteiger charge is -1.99. The van der Waals surface area contributed by atoms with Crippen molar-refractivity contribution in [3.8, 4) is 0 Å². The summed E-state index contributed by atoms with van der Waals surface area (Å²) in [4.78, 5) is 22.2. The quantitative estimate of drug-likeness (QED) is 0.821. The molecular weight excluding hydrogens is 232 g/mol. The summed E-state index contributed by atoms with van der Waals surface area (Å²) in [5.74, 6) is 0.952. The van der Waals surface area contributed by atoms with Gasteiger partial charge in [0, 0.05) is 24.7 Å². The zero-order chi connectivity index (χ0) is 12.3. The number of ketones is 1. The second kappa shape index (κ2) is 5.32. The Balaban J connectivity index is 2.03. The van der Waals surface area contributed by atoms with Crippen molar-refractivity contribution in [3.05, 3.63) is 41.0 Å². The van der Waals surface area contributed by atoms with Crippen LogP contribution < -0.4 is 0 Å². The fourth-order valence-electron chi connectivity index (χ4n) is 1.93. The fourth-order valence-corrected chi connectivity index (χ4v) is 2.36. The van der Waals surface area contributed by atoms with Gasteiger partial charge in [-0.1, -0.05) is 42.1 Å². The maximum Gasteiger partial charge on any atom is 0.186 e. The normalized spacial score (nSPS) is 14.3. The van der Waals surface area contributed by atoms with Crippen LogP contribution in [0.15, 0.2) is 24.3 Å². The highest BCUT2D eigenvalue weighted by atomic mass is 32.2. The first-order valence-corrected chi connectivity index (χ1v) is 6.61. The smallest absolute Gasteiger partial charge is 0.186 e. The molecule has 1 aromatic carbocycles. The van der Waals surface area contributed by atoms with Crippen molar-refractivity contribution in [1.82, 2.24) is 0 Å². The third-order valence-corrected chi connectivity index (χ3v) is 3.51. The van der Waals surface area contributed by atoms with Crippen LogP contribution in [0.3, 0.4) is 0 Å². The molecule has 2 nitrogen and oxygen atoms in total. The Morgan fingerprint density at radius 2 is 2.24 bits per heavy atom. The SMILES string of the molecule is CC(=O)SCC=Cc1ccc2c(c1)CCC2=O. The van der Waals surface area contributed by atoms with E-state index in [0.717, 1.165) is 23.1 Å². The van der Waals surface area contributed by atoms with E-state index >= 15 is 0 Å². The number of fused-ring (bicyclic) bond motifs is 1. The molecule has 0 saturated heterocycles. The van der Waals surface area contributed by atoms with Crippen LogP contribution in [0, 0.1) is 0 Å². The van der Waals surface area contributed by atoms with Crippen LogP contribution in [-0.2, 0) is 11.2 Å². The van der Waals surface area contributed by atoms with Gasteiger partial charge in [0.05, 0.1) is 0 Å². The highest BCUT2D eigenvalue weighted by molar-refractivity contribution is 8.13. The summed E-state index contributed by atoms with van der Waals surface area (Å²) in [6.07, 6.45) is 5.48. The number of benzene rings is 1. The summed E-state index contributed by atoms with van der Waals surface area (Å²) in [6, 6.07) is 5.93. The van der Waals surface area contributed by atoms with Crippen LogP contribution >= 0.6 is 11.8 Å². The van der Waals surface area contributed by atoms with Crippen LogP contribution in [-0.4, -0.2) is 16.7 Å². The third kappa shape index (κ3) is 3.07. The first-order valence-electron chi connectivity index (χ1n) is 5.63. The molecule has 1 aliphatic rings. The van der Waals surface area contributed by atoms with Crippen LogP contribution in [0.2, 0.25) is 0 Å². The molecule has 0 radical (unpaired) electrons. The molecule has 0 bridgehead atoms. The van der Waals surface area contributed by atoms with E-state index in [0.29, 0.717) is 12.2 Å². The van der Waals surface area contributed by atoms with Gasteiger partial charge in [-0.05, 0) is 17.5 Å². The second-order valence-electron chi connectivity index (χ2n) is 4.04. The van der Waals surface area contributed by atoms with Gasteiger partial charge in [-0.15, -0.1) is 0 Å². The predicted octanol–water partition coefficient (Wildman–Crippen LogP) is 3.11. The number of carbonyl (C=O) groups is 2. The molecule has 0 heterocycles. The molecule has 1 aromatic rings. The van der Waals surface area contributed by atoms with Gasteiger partial charge >= 0.3 is 0 Å². The molecule has 0 atom stereocenters. The minimum Gasteiger partial charge on any atom is -0.294 e. The van der Waals surface area contributed by atoms with Gasteiger partial charge in [-0.2, -0.15) is 0 Å². The molecule has 0 saturated carbocycles. The lowest BCUT2D eigenvalue weighted by molar-refractivity contribution is -0.109. The van der Waals surface area contributed by atoms with Crippen molar-refractivity contribution in [3.63, 3.8) is 0 Å². The van der Waals surface area contributed by atoms with Crippen LogP contribution in [0.1, 0.15) is 34.8 Å². The number of hydrogen-bond acceptors (Lipinski definition) is 3. The Labute approximate surface area is 105 Å². The third-order valence-electron chi connectivity index (χ3n) is 2.74. The van der Waals surface area contributed by atoms with E-state index in [1.165, 1.54) is 11.8 Å². The van der Waals surface area contributed by atoms with E-state index in [-0.39, 0.29) is 10.9 Å². The van der Waals surface area contributed by atoms with E-state index < -0.39 is 0 Å². The minimum absolute atomic E-state index is 0.134. The van der Waals surface area contributed by atoms with Crippen molar-refractivity contribution < 1.29 is 9.59 Å². The fraction of sp³-hybridized carbons (Fsp3) is 0.286. The second-order valence-corrected chi connectivity index (χ2v) is 5.24. The molecule has 0 amide bonds. The van der Waals surface area contributed by atoms with E-state index in [2.05, 4.69) is 6.07 Å². The Kier molecular flexibility index (Phi) is 3.79. The predicted molar refractivity (Wildman–Crippen MR) is 71.3 cm³/mol. The summed E-state index contributed by atoms with van der Waals surface area (Å²) < 4.78 is 0.